The number of hydrogen-bond donors (Lipinski definition) is 1. The zero-order valence-corrected chi connectivity index (χ0v) is 8.59. The van der Waals surface area contributed by atoms with Gasteiger partial charge in [0.05, 0.1) is 0 Å². The number of nitrogens with two attached hydrogens (primary N) is 1. The van der Waals surface area contributed by atoms with Crippen molar-refractivity contribution < 1.29 is 0 Å². The molecule has 2 rings (SSSR count). The van der Waals surface area contributed by atoms with Gasteiger partial charge in [-0.25, -0.2) is 0 Å². The molecule has 1 saturated carbocycles. The molecule has 0 aromatic heterocycles. The Balaban J connectivity index is 2.42. The summed E-state index contributed by atoms with van der Waals surface area (Å²) in [5.74, 6) is 0. The lowest BCUT2D eigenvalue weighted by Crippen LogP contribution is -2.15. The van der Waals surface area contributed by atoms with Gasteiger partial charge in [-0.1, -0.05) is 30.7 Å². The van der Waals surface area contributed by atoms with Crippen LogP contribution in [-0.2, 0) is 5.41 Å². The molecule has 0 spiro atoms. The van der Waals surface area contributed by atoms with Crippen molar-refractivity contribution in [3.8, 4) is 0 Å². The van der Waals surface area contributed by atoms with Crippen LogP contribution in [0.15, 0.2) is 18.2 Å². The fourth-order valence-corrected chi connectivity index (χ4v) is 2.16. The van der Waals surface area contributed by atoms with Gasteiger partial charge < -0.3 is 5.73 Å². The van der Waals surface area contributed by atoms with Crippen molar-refractivity contribution in [1.82, 2.24) is 0 Å². The smallest absolute Gasteiger partial charge is 0.0143 e. The number of rotatable bonds is 1. The van der Waals surface area contributed by atoms with Crippen molar-refractivity contribution >= 4 is 0 Å². The average Bonchev–Trinajstić information content (AvgIpc) is 2.59. The predicted octanol–water partition coefficient (Wildman–Crippen LogP) is 2.29. The third-order valence-corrected chi connectivity index (χ3v) is 3.30. The summed E-state index contributed by atoms with van der Waals surface area (Å²) in [6.45, 7) is 6.57. The van der Waals surface area contributed by atoms with Gasteiger partial charge in [-0.2, -0.15) is 0 Å². The molecule has 1 fully saturated rings. The standard InChI is InChI=1S/C12H17N/c1-8-4-5-10(9(2)6-8)12(3)7-11(12)13/h4-6,11H,7,13H2,1-3H3. The predicted molar refractivity (Wildman–Crippen MR) is 55.9 cm³/mol. The summed E-state index contributed by atoms with van der Waals surface area (Å²) in [6, 6.07) is 7.02. The monoisotopic (exact) mass is 175 g/mol. The van der Waals surface area contributed by atoms with Crippen LogP contribution in [-0.4, -0.2) is 6.04 Å². The Morgan fingerprint density at radius 3 is 2.46 bits per heavy atom. The number of hydrogen-bond acceptors (Lipinski definition) is 1. The second-order valence-electron chi connectivity index (χ2n) is 4.55. The van der Waals surface area contributed by atoms with Crippen molar-refractivity contribution in [2.75, 3.05) is 0 Å². The molecule has 1 aromatic carbocycles. The lowest BCUT2D eigenvalue weighted by molar-refractivity contribution is 0.734. The topological polar surface area (TPSA) is 26.0 Å². The summed E-state index contributed by atoms with van der Waals surface area (Å²) < 4.78 is 0. The Hall–Kier alpha value is -0.820. The third kappa shape index (κ3) is 1.28. The fraction of sp³-hybridized carbons (Fsp3) is 0.500. The second-order valence-corrected chi connectivity index (χ2v) is 4.55. The van der Waals surface area contributed by atoms with Crippen LogP contribution in [0, 0.1) is 13.8 Å². The zero-order valence-electron chi connectivity index (χ0n) is 8.59. The molecule has 1 aliphatic carbocycles. The van der Waals surface area contributed by atoms with Gasteiger partial charge in [0.25, 0.3) is 0 Å². The molecule has 0 bridgehead atoms. The molecule has 1 heteroatoms. The van der Waals surface area contributed by atoms with E-state index in [9.17, 15) is 0 Å². The first-order chi connectivity index (χ1) is 6.04. The summed E-state index contributed by atoms with van der Waals surface area (Å²) in [5, 5.41) is 0. The van der Waals surface area contributed by atoms with Gasteiger partial charge in [-0.15, -0.1) is 0 Å². The van der Waals surface area contributed by atoms with Crippen LogP contribution in [0.1, 0.15) is 30.0 Å². The highest BCUT2D eigenvalue weighted by atomic mass is 14.8. The van der Waals surface area contributed by atoms with Gasteiger partial charge in [0, 0.05) is 11.5 Å². The van der Waals surface area contributed by atoms with E-state index in [0.717, 1.165) is 6.42 Å². The molecular weight excluding hydrogens is 158 g/mol. The van der Waals surface area contributed by atoms with Crippen LogP contribution >= 0.6 is 0 Å². The summed E-state index contributed by atoms with van der Waals surface area (Å²) in [4.78, 5) is 0. The molecule has 0 saturated heterocycles. The van der Waals surface area contributed by atoms with Gasteiger partial charge in [0.1, 0.15) is 0 Å². The minimum atomic E-state index is 0.262. The average molecular weight is 175 g/mol. The Morgan fingerprint density at radius 2 is 2.00 bits per heavy atom. The minimum Gasteiger partial charge on any atom is -0.327 e. The molecule has 0 heterocycles. The Bertz CT molecular complexity index is 343. The van der Waals surface area contributed by atoms with E-state index in [2.05, 4.69) is 39.0 Å². The maximum atomic E-state index is 5.94. The Labute approximate surface area is 80.0 Å². The molecule has 13 heavy (non-hydrogen) atoms. The first-order valence-electron chi connectivity index (χ1n) is 4.87. The molecule has 1 aromatic rings. The zero-order chi connectivity index (χ0) is 9.64. The molecule has 0 amide bonds. The highest BCUT2D eigenvalue weighted by Gasteiger charge is 2.49. The van der Waals surface area contributed by atoms with Crippen LogP contribution in [0.3, 0.4) is 0 Å². The van der Waals surface area contributed by atoms with Crippen LogP contribution in [0.2, 0.25) is 0 Å². The van der Waals surface area contributed by atoms with E-state index in [0.29, 0.717) is 6.04 Å². The molecular formula is C12H17N. The van der Waals surface area contributed by atoms with E-state index in [1.165, 1.54) is 16.7 Å². The summed E-state index contributed by atoms with van der Waals surface area (Å²) in [7, 11) is 0. The van der Waals surface area contributed by atoms with Crippen molar-refractivity contribution in [2.45, 2.75) is 38.6 Å². The quantitative estimate of drug-likeness (QED) is 0.696. The lowest BCUT2D eigenvalue weighted by Gasteiger charge is -2.14. The van der Waals surface area contributed by atoms with Gasteiger partial charge in [0.15, 0.2) is 0 Å². The van der Waals surface area contributed by atoms with Crippen molar-refractivity contribution in [2.24, 2.45) is 5.73 Å². The maximum Gasteiger partial charge on any atom is 0.0143 e. The maximum absolute atomic E-state index is 5.94. The van der Waals surface area contributed by atoms with Gasteiger partial charge in [-0.3, -0.25) is 0 Å². The van der Waals surface area contributed by atoms with E-state index in [-0.39, 0.29) is 5.41 Å². The van der Waals surface area contributed by atoms with Crippen molar-refractivity contribution in [3.05, 3.63) is 34.9 Å². The largest absolute Gasteiger partial charge is 0.327 e. The Morgan fingerprint density at radius 1 is 1.38 bits per heavy atom. The molecule has 1 nitrogen and oxygen atoms in total. The van der Waals surface area contributed by atoms with E-state index in [1.807, 2.05) is 0 Å². The first-order valence-corrected chi connectivity index (χ1v) is 4.87. The molecule has 2 atom stereocenters. The summed E-state index contributed by atoms with van der Waals surface area (Å²) in [6.07, 6.45) is 1.14. The molecule has 0 aliphatic heterocycles. The van der Waals surface area contributed by atoms with E-state index < -0.39 is 0 Å². The molecule has 0 radical (unpaired) electrons. The molecule has 2 N–H and O–H groups in total. The molecule has 70 valence electrons. The van der Waals surface area contributed by atoms with Crippen molar-refractivity contribution in [3.63, 3.8) is 0 Å². The number of aryl methyl sites for hydroxylation is 2. The second kappa shape index (κ2) is 2.58. The van der Waals surface area contributed by atoms with Crippen LogP contribution < -0.4 is 5.73 Å². The summed E-state index contributed by atoms with van der Waals surface area (Å²) >= 11 is 0. The highest BCUT2D eigenvalue weighted by molar-refractivity contribution is 5.42. The third-order valence-electron chi connectivity index (χ3n) is 3.30. The van der Waals surface area contributed by atoms with E-state index >= 15 is 0 Å². The fourth-order valence-electron chi connectivity index (χ4n) is 2.16. The Kier molecular flexibility index (Phi) is 1.74. The molecule has 1 aliphatic rings. The summed E-state index contributed by atoms with van der Waals surface area (Å²) in [5.41, 5.74) is 10.4. The minimum absolute atomic E-state index is 0.262. The van der Waals surface area contributed by atoms with Gasteiger partial charge in [0.2, 0.25) is 0 Å². The molecule has 2 unspecified atom stereocenters. The lowest BCUT2D eigenvalue weighted by atomic mass is 9.92. The van der Waals surface area contributed by atoms with Crippen LogP contribution in [0.4, 0.5) is 0 Å². The van der Waals surface area contributed by atoms with E-state index in [1.54, 1.807) is 0 Å². The van der Waals surface area contributed by atoms with E-state index in [4.69, 9.17) is 5.73 Å². The van der Waals surface area contributed by atoms with Gasteiger partial charge >= 0.3 is 0 Å². The van der Waals surface area contributed by atoms with Crippen molar-refractivity contribution in [1.29, 1.82) is 0 Å². The van der Waals surface area contributed by atoms with Crippen LogP contribution in [0.5, 0.6) is 0 Å². The highest BCUT2D eigenvalue weighted by Crippen LogP contribution is 2.47. The number of benzene rings is 1. The normalized spacial score (nSPS) is 31.8. The SMILES string of the molecule is Cc1ccc(C2(C)CC2N)c(C)c1. The van der Waals surface area contributed by atoms with Crippen LogP contribution in [0.25, 0.3) is 0 Å². The first kappa shape index (κ1) is 8.76. The van der Waals surface area contributed by atoms with Gasteiger partial charge in [-0.05, 0) is 31.4 Å².